The summed E-state index contributed by atoms with van der Waals surface area (Å²) < 4.78 is 44.2. The number of carboxylic acids is 1. The van der Waals surface area contributed by atoms with E-state index >= 15 is 0 Å². The van der Waals surface area contributed by atoms with E-state index in [1.54, 1.807) is 0 Å². The molecule has 0 spiro atoms. The van der Waals surface area contributed by atoms with Gasteiger partial charge in [-0.25, -0.2) is 4.18 Å². The molecular formula is C32H51NO11S. The molecule has 1 heterocycles. The topological polar surface area (TPSA) is 200 Å². The van der Waals surface area contributed by atoms with Gasteiger partial charge < -0.3 is 30.5 Å². The predicted molar refractivity (Wildman–Crippen MR) is 162 cm³/mol. The van der Waals surface area contributed by atoms with E-state index in [9.17, 15) is 43.0 Å². The van der Waals surface area contributed by atoms with Gasteiger partial charge in [0.1, 0.15) is 18.3 Å². The second-order valence-corrected chi connectivity index (χ2v) is 16.1. The number of fused-ring (bicyclic) bond motifs is 5. The lowest BCUT2D eigenvalue weighted by molar-refractivity contribution is -0.217. The van der Waals surface area contributed by atoms with E-state index < -0.39 is 65.4 Å². The maximum Gasteiger partial charge on any atom is 0.397 e. The molecule has 1 aliphatic heterocycles. The minimum atomic E-state index is -4.65. The number of amides is 1. The zero-order valence-electron chi connectivity index (χ0n) is 26.7. The van der Waals surface area contributed by atoms with Crippen LogP contribution in [0.5, 0.6) is 0 Å². The van der Waals surface area contributed by atoms with Crippen molar-refractivity contribution in [3.05, 3.63) is 11.6 Å². The SMILES string of the molecule is CC(=O)N[C@@H]1[C@@H](O)[C@H](O)[C@@H](CO)O[C@H]1[C@H]1C=C2C[C@@H](OS(=O)(=O)O)CC[C@]2(C)[C@H]2CC[C@]3(C)[C@@H]([C@H](C)CCC(=O)O)CC[C@H]3[C@H]12. The second-order valence-electron chi connectivity index (χ2n) is 15.0. The van der Waals surface area contributed by atoms with Gasteiger partial charge in [0.25, 0.3) is 0 Å². The first-order valence-corrected chi connectivity index (χ1v) is 17.8. The Bertz CT molecular complexity index is 1270. The second kappa shape index (κ2) is 12.8. The Kier molecular flexibility index (Phi) is 9.86. The largest absolute Gasteiger partial charge is 0.481 e. The number of carbonyl (C=O) groups is 2. The standard InChI is InChI=1S/C32H51NO11S/c1-16(5-8-25(36)37)21-6-7-22-26-20(30-27(33-17(2)35)29(39)28(38)24(15-34)43-30)14-18-13-19(44-45(40,41)42)9-11-31(18,3)23(26)10-12-32(21,22)4/h14,16,19-24,26-30,34,38-39H,5-13,15H2,1-4H3,(H,33,35)(H,36,37)(H,40,41,42)/t16-,19+,20+,21-,22+,23+,24-,26+,27-,28-,29-,30+,31+,32-/m1/s1. The third-order valence-electron chi connectivity index (χ3n) is 12.7. The highest BCUT2D eigenvalue weighted by atomic mass is 32.3. The molecule has 0 radical (unpaired) electrons. The van der Waals surface area contributed by atoms with Crippen LogP contribution in [0, 0.1) is 46.3 Å². The summed E-state index contributed by atoms with van der Waals surface area (Å²) in [4.78, 5) is 23.8. The van der Waals surface area contributed by atoms with Gasteiger partial charge in [-0.1, -0.05) is 32.4 Å². The number of hydrogen-bond donors (Lipinski definition) is 6. The molecular weight excluding hydrogens is 606 g/mol. The van der Waals surface area contributed by atoms with E-state index in [0.717, 1.165) is 31.3 Å². The van der Waals surface area contributed by atoms with Gasteiger partial charge in [-0.3, -0.25) is 14.1 Å². The van der Waals surface area contributed by atoms with Gasteiger partial charge >= 0.3 is 16.4 Å². The number of nitrogens with one attached hydrogen (secondary N) is 1. The average Bonchev–Trinajstić information content (AvgIpc) is 3.30. The summed E-state index contributed by atoms with van der Waals surface area (Å²) in [6.45, 7) is 7.53. The molecule has 5 rings (SSSR count). The summed E-state index contributed by atoms with van der Waals surface area (Å²) in [6.07, 6.45) is 2.64. The van der Waals surface area contributed by atoms with Gasteiger partial charge in [0.15, 0.2) is 0 Å². The molecule has 3 saturated carbocycles. The Balaban J connectivity index is 1.58. The van der Waals surface area contributed by atoms with Crippen LogP contribution in [0.4, 0.5) is 0 Å². The van der Waals surface area contributed by atoms with Gasteiger partial charge in [-0.2, -0.15) is 8.42 Å². The third-order valence-corrected chi connectivity index (χ3v) is 13.2. The number of carboxylic acid groups (broad SMARTS) is 1. The van der Waals surface area contributed by atoms with Crippen molar-refractivity contribution in [3.63, 3.8) is 0 Å². The summed E-state index contributed by atoms with van der Waals surface area (Å²) in [5.41, 5.74) is 0.645. The molecule has 13 heteroatoms. The number of carbonyl (C=O) groups excluding carboxylic acids is 1. The van der Waals surface area contributed by atoms with Crippen molar-refractivity contribution in [1.82, 2.24) is 5.32 Å². The fourth-order valence-electron chi connectivity index (χ4n) is 10.7. The summed E-state index contributed by atoms with van der Waals surface area (Å²) in [5.74, 6) is -0.543. The smallest absolute Gasteiger partial charge is 0.397 e. The molecule has 0 aromatic carbocycles. The number of aliphatic hydroxyl groups is 3. The molecule has 0 aromatic rings. The van der Waals surface area contributed by atoms with Crippen molar-refractivity contribution >= 4 is 22.3 Å². The lowest BCUT2D eigenvalue weighted by Crippen LogP contribution is -2.67. The minimum Gasteiger partial charge on any atom is -0.481 e. The molecule has 4 fully saturated rings. The first kappa shape index (κ1) is 34.7. The predicted octanol–water partition coefficient (Wildman–Crippen LogP) is 2.47. The number of aliphatic hydroxyl groups excluding tert-OH is 3. The van der Waals surface area contributed by atoms with Crippen molar-refractivity contribution < 1.29 is 51.9 Å². The molecule has 0 bridgehead atoms. The maximum absolute atomic E-state index is 12.4. The molecule has 1 saturated heterocycles. The molecule has 6 N–H and O–H groups in total. The van der Waals surface area contributed by atoms with Gasteiger partial charge in [-0.15, -0.1) is 0 Å². The van der Waals surface area contributed by atoms with E-state index in [-0.39, 0.29) is 46.8 Å². The lowest BCUT2D eigenvalue weighted by atomic mass is 9.44. The zero-order valence-corrected chi connectivity index (χ0v) is 27.5. The zero-order chi connectivity index (χ0) is 33.1. The van der Waals surface area contributed by atoms with Crippen molar-refractivity contribution in [2.75, 3.05) is 6.61 Å². The van der Waals surface area contributed by atoms with Crippen LogP contribution in [0.3, 0.4) is 0 Å². The summed E-state index contributed by atoms with van der Waals surface area (Å²) in [7, 11) is -4.65. The highest BCUT2D eigenvalue weighted by molar-refractivity contribution is 7.80. The van der Waals surface area contributed by atoms with Crippen LogP contribution >= 0.6 is 0 Å². The van der Waals surface area contributed by atoms with E-state index in [1.165, 1.54) is 6.92 Å². The number of aliphatic carboxylic acids is 1. The minimum absolute atomic E-state index is 0.0521. The van der Waals surface area contributed by atoms with Crippen molar-refractivity contribution in [2.45, 2.75) is 122 Å². The molecule has 45 heavy (non-hydrogen) atoms. The molecule has 0 aromatic heterocycles. The average molecular weight is 658 g/mol. The maximum atomic E-state index is 12.4. The van der Waals surface area contributed by atoms with Crippen LogP contribution in [-0.2, 0) is 28.9 Å². The van der Waals surface area contributed by atoms with Gasteiger partial charge in [0.2, 0.25) is 5.91 Å². The quantitative estimate of drug-likeness (QED) is 0.157. The van der Waals surface area contributed by atoms with Gasteiger partial charge in [0, 0.05) is 19.3 Å². The number of ether oxygens (including phenoxy) is 1. The normalized spacial score (nSPS) is 45.4. The molecule has 14 atom stereocenters. The van der Waals surface area contributed by atoms with Crippen molar-refractivity contribution in [1.29, 1.82) is 0 Å². The fourth-order valence-corrected chi connectivity index (χ4v) is 11.2. The van der Waals surface area contributed by atoms with E-state index in [1.807, 2.05) is 0 Å². The first-order valence-electron chi connectivity index (χ1n) is 16.5. The van der Waals surface area contributed by atoms with Crippen LogP contribution in [0.2, 0.25) is 0 Å². The highest BCUT2D eigenvalue weighted by Gasteiger charge is 2.63. The van der Waals surface area contributed by atoms with Gasteiger partial charge in [0.05, 0.1) is 24.9 Å². The Hall–Kier alpha value is -1.61. The molecule has 1 amide bonds. The van der Waals surface area contributed by atoms with E-state index in [0.29, 0.717) is 31.6 Å². The van der Waals surface area contributed by atoms with Crippen molar-refractivity contribution in [2.24, 2.45) is 46.3 Å². The molecule has 12 nitrogen and oxygen atoms in total. The van der Waals surface area contributed by atoms with Crippen LogP contribution in [-0.4, -0.2) is 88.4 Å². The first-order chi connectivity index (χ1) is 21.0. The fraction of sp³-hybridized carbons (Fsp3) is 0.875. The molecule has 4 aliphatic carbocycles. The van der Waals surface area contributed by atoms with Crippen LogP contribution in [0.15, 0.2) is 11.6 Å². The third kappa shape index (κ3) is 6.47. The number of rotatable bonds is 9. The molecule has 5 aliphatic rings. The Morgan fingerprint density at radius 3 is 2.44 bits per heavy atom. The Morgan fingerprint density at radius 1 is 1.11 bits per heavy atom. The molecule has 256 valence electrons. The Morgan fingerprint density at radius 2 is 1.82 bits per heavy atom. The van der Waals surface area contributed by atoms with E-state index in [4.69, 9.17) is 8.92 Å². The van der Waals surface area contributed by atoms with E-state index in [2.05, 4.69) is 32.2 Å². The monoisotopic (exact) mass is 657 g/mol. The lowest BCUT2D eigenvalue weighted by Gasteiger charge is -2.62. The van der Waals surface area contributed by atoms with Crippen LogP contribution < -0.4 is 5.32 Å². The van der Waals surface area contributed by atoms with Crippen molar-refractivity contribution in [3.8, 4) is 0 Å². The highest BCUT2D eigenvalue weighted by Crippen LogP contribution is 2.69. The van der Waals surface area contributed by atoms with Crippen LogP contribution in [0.1, 0.15) is 85.5 Å². The Labute approximate surface area is 265 Å². The summed E-state index contributed by atoms with van der Waals surface area (Å²) in [5, 5.41) is 44.3. The molecule has 0 unspecified atom stereocenters. The summed E-state index contributed by atoms with van der Waals surface area (Å²) in [6, 6.07) is -0.958. The van der Waals surface area contributed by atoms with Crippen LogP contribution in [0.25, 0.3) is 0 Å². The summed E-state index contributed by atoms with van der Waals surface area (Å²) >= 11 is 0. The van der Waals surface area contributed by atoms with Gasteiger partial charge in [-0.05, 0) is 91.8 Å². The number of hydrogen-bond acceptors (Lipinski definition) is 9.